The van der Waals surface area contributed by atoms with E-state index < -0.39 is 0 Å². The van der Waals surface area contributed by atoms with E-state index in [4.69, 9.17) is 5.73 Å². The van der Waals surface area contributed by atoms with Crippen molar-refractivity contribution in [3.8, 4) is 0 Å². The molecular formula is C8H12Cl2N2O. The molecule has 3 nitrogen and oxygen atoms in total. The summed E-state index contributed by atoms with van der Waals surface area (Å²) in [4.78, 5) is 15.0. The van der Waals surface area contributed by atoms with Crippen molar-refractivity contribution < 1.29 is 4.79 Å². The quantitative estimate of drug-likeness (QED) is 0.770. The number of carbonyl (C=O) groups excluding carboxylic acids is 1. The highest BCUT2D eigenvalue weighted by Gasteiger charge is 2.06. The zero-order chi connectivity index (χ0) is 8.27. The molecule has 0 unspecified atom stereocenters. The van der Waals surface area contributed by atoms with Crippen molar-refractivity contribution >= 4 is 30.6 Å². The molecule has 0 fully saturated rings. The number of Topliss-reactive ketones (excluding diaryl/α,β-unsaturated/α-hetero) is 1. The van der Waals surface area contributed by atoms with E-state index in [-0.39, 0.29) is 37.1 Å². The van der Waals surface area contributed by atoms with Crippen LogP contribution in [0.5, 0.6) is 0 Å². The first-order valence-electron chi connectivity index (χ1n) is 3.40. The van der Waals surface area contributed by atoms with Gasteiger partial charge in [0.05, 0.1) is 6.54 Å². The largest absolute Gasteiger partial charge is 0.324 e. The molecular weight excluding hydrogens is 211 g/mol. The van der Waals surface area contributed by atoms with Gasteiger partial charge in [-0.3, -0.25) is 9.78 Å². The van der Waals surface area contributed by atoms with Crippen molar-refractivity contribution in [1.82, 2.24) is 4.98 Å². The first-order chi connectivity index (χ1) is 5.25. The molecule has 0 aliphatic carbocycles. The Hall–Kier alpha value is -0.640. The zero-order valence-electron chi connectivity index (χ0n) is 7.19. The number of hydrogen-bond acceptors (Lipinski definition) is 3. The summed E-state index contributed by atoms with van der Waals surface area (Å²) in [5.41, 5.74) is 6.54. The van der Waals surface area contributed by atoms with Gasteiger partial charge >= 0.3 is 0 Å². The van der Waals surface area contributed by atoms with E-state index in [1.807, 2.05) is 13.0 Å². The van der Waals surface area contributed by atoms with Crippen molar-refractivity contribution in [2.45, 2.75) is 6.92 Å². The van der Waals surface area contributed by atoms with Gasteiger partial charge in [-0.2, -0.15) is 0 Å². The second kappa shape index (κ2) is 6.83. The Morgan fingerprint density at radius 2 is 2.15 bits per heavy atom. The molecule has 0 amide bonds. The van der Waals surface area contributed by atoms with Gasteiger partial charge in [0.25, 0.3) is 0 Å². The Morgan fingerprint density at radius 1 is 1.54 bits per heavy atom. The number of aromatic nitrogens is 1. The van der Waals surface area contributed by atoms with Gasteiger partial charge in [-0.25, -0.2) is 0 Å². The average molecular weight is 223 g/mol. The summed E-state index contributed by atoms with van der Waals surface area (Å²) in [6.45, 7) is 1.87. The molecule has 74 valence electrons. The van der Waals surface area contributed by atoms with Crippen LogP contribution in [0.3, 0.4) is 0 Å². The molecule has 0 aliphatic heterocycles. The van der Waals surface area contributed by atoms with Crippen molar-refractivity contribution in [3.63, 3.8) is 0 Å². The van der Waals surface area contributed by atoms with Crippen LogP contribution in [0.4, 0.5) is 0 Å². The van der Waals surface area contributed by atoms with Gasteiger partial charge in [0.1, 0.15) is 5.69 Å². The van der Waals surface area contributed by atoms with E-state index in [9.17, 15) is 4.79 Å². The van der Waals surface area contributed by atoms with Crippen molar-refractivity contribution in [2.75, 3.05) is 6.54 Å². The maximum atomic E-state index is 11.0. The molecule has 0 radical (unpaired) electrons. The van der Waals surface area contributed by atoms with Crippen LogP contribution in [0.25, 0.3) is 0 Å². The summed E-state index contributed by atoms with van der Waals surface area (Å²) in [6, 6.07) is 3.64. The molecule has 1 rings (SSSR count). The minimum absolute atomic E-state index is 0. The molecule has 0 saturated carbocycles. The number of nitrogens with zero attached hydrogens (tertiary/aromatic N) is 1. The van der Waals surface area contributed by atoms with Gasteiger partial charge in [-0.05, 0) is 18.6 Å². The molecule has 0 aliphatic rings. The Labute approximate surface area is 89.6 Å². The Morgan fingerprint density at radius 3 is 2.62 bits per heavy atom. The number of pyridine rings is 1. The number of ketones is 1. The molecule has 1 heterocycles. The fourth-order valence-corrected chi connectivity index (χ4v) is 0.874. The number of hydrogen-bond donors (Lipinski definition) is 1. The SMILES string of the molecule is Cc1cccnc1C(=O)CN.Cl.Cl. The summed E-state index contributed by atoms with van der Waals surface area (Å²) in [7, 11) is 0. The molecule has 0 saturated heterocycles. The molecule has 0 bridgehead atoms. The summed E-state index contributed by atoms with van der Waals surface area (Å²) < 4.78 is 0. The van der Waals surface area contributed by atoms with E-state index in [0.717, 1.165) is 5.56 Å². The molecule has 2 N–H and O–H groups in total. The third kappa shape index (κ3) is 3.72. The standard InChI is InChI=1S/C8H10N2O.2ClH/c1-6-3-2-4-10-8(6)7(11)5-9;;/h2-4H,5,9H2,1H3;2*1H. The van der Waals surface area contributed by atoms with Crippen LogP contribution in [0.1, 0.15) is 16.1 Å². The molecule has 0 atom stereocenters. The number of aryl methyl sites for hydroxylation is 1. The van der Waals surface area contributed by atoms with Crippen LogP contribution in [-0.2, 0) is 0 Å². The Bertz CT molecular complexity index is 279. The minimum Gasteiger partial charge on any atom is -0.324 e. The lowest BCUT2D eigenvalue weighted by atomic mass is 10.1. The maximum absolute atomic E-state index is 11.0. The predicted octanol–water partition coefficient (Wildman–Crippen LogP) is 1.38. The summed E-state index contributed by atoms with van der Waals surface area (Å²) >= 11 is 0. The molecule has 0 spiro atoms. The van der Waals surface area contributed by atoms with E-state index in [1.54, 1.807) is 12.3 Å². The van der Waals surface area contributed by atoms with Crippen LogP contribution in [0.2, 0.25) is 0 Å². The third-order valence-electron chi connectivity index (χ3n) is 1.46. The van der Waals surface area contributed by atoms with E-state index in [2.05, 4.69) is 4.98 Å². The lowest BCUT2D eigenvalue weighted by Crippen LogP contribution is -2.16. The zero-order valence-corrected chi connectivity index (χ0v) is 8.82. The normalized spacial score (nSPS) is 8.15. The van der Waals surface area contributed by atoms with Crippen LogP contribution in [0.15, 0.2) is 18.3 Å². The van der Waals surface area contributed by atoms with Gasteiger partial charge in [0.2, 0.25) is 0 Å². The first-order valence-corrected chi connectivity index (χ1v) is 3.40. The minimum atomic E-state index is -0.108. The van der Waals surface area contributed by atoms with Crippen molar-refractivity contribution in [2.24, 2.45) is 5.73 Å². The van der Waals surface area contributed by atoms with Gasteiger partial charge in [-0.15, -0.1) is 24.8 Å². The van der Waals surface area contributed by atoms with Crippen molar-refractivity contribution in [1.29, 1.82) is 0 Å². The predicted molar refractivity (Wildman–Crippen MR) is 56.9 cm³/mol. The smallest absolute Gasteiger partial charge is 0.194 e. The van der Waals surface area contributed by atoms with Gasteiger partial charge in [-0.1, -0.05) is 6.07 Å². The number of halogens is 2. The second-order valence-corrected chi connectivity index (χ2v) is 2.30. The van der Waals surface area contributed by atoms with Crippen LogP contribution in [0, 0.1) is 6.92 Å². The number of carbonyl (C=O) groups is 1. The van der Waals surface area contributed by atoms with Gasteiger partial charge in [0.15, 0.2) is 5.78 Å². The second-order valence-electron chi connectivity index (χ2n) is 2.30. The molecule has 5 heteroatoms. The van der Waals surface area contributed by atoms with E-state index >= 15 is 0 Å². The average Bonchev–Trinajstić information content (AvgIpc) is 2.04. The highest BCUT2D eigenvalue weighted by Crippen LogP contribution is 2.02. The van der Waals surface area contributed by atoms with Gasteiger partial charge in [0, 0.05) is 6.20 Å². The maximum Gasteiger partial charge on any atom is 0.194 e. The van der Waals surface area contributed by atoms with Crippen molar-refractivity contribution in [3.05, 3.63) is 29.6 Å². The lowest BCUT2D eigenvalue weighted by molar-refractivity contribution is 0.0996. The monoisotopic (exact) mass is 222 g/mol. The lowest BCUT2D eigenvalue weighted by Gasteiger charge is -1.99. The molecule has 1 aromatic rings. The van der Waals surface area contributed by atoms with E-state index in [1.165, 1.54) is 0 Å². The summed E-state index contributed by atoms with van der Waals surface area (Å²) in [5, 5.41) is 0. The van der Waals surface area contributed by atoms with Crippen LogP contribution >= 0.6 is 24.8 Å². The Kier molecular flexibility index (Phi) is 7.81. The fraction of sp³-hybridized carbons (Fsp3) is 0.250. The first kappa shape index (κ1) is 14.9. The molecule has 0 aromatic carbocycles. The highest BCUT2D eigenvalue weighted by atomic mass is 35.5. The summed E-state index contributed by atoms with van der Waals surface area (Å²) in [5.74, 6) is -0.108. The van der Waals surface area contributed by atoms with E-state index in [0.29, 0.717) is 5.69 Å². The van der Waals surface area contributed by atoms with Crippen LogP contribution < -0.4 is 5.73 Å². The highest BCUT2D eigenvalue weighted by molar-refractivity contribution is 5.96. The Balaban J connectivity index is 0. The number of rotatable bonds is 2. The molecule has 13 heavy (non-hydrogen) atoms. The topological polar surface area (TPSA) is 56.0 Å². The molecule has 1 aromatic heterocycles. The number of nitrogens with two attached hydrogens (primary N) is 1. The van der Waals surface area contributed by atoms with Gasteiger partial charge < -0.3 is 5.73 Å². The third-order valence-corrected chi connectivity index (χ3v) is 1.46. The fourth-order valence-electron chi connectivity index (χ4n) is 0.874. The van der Waals surface area contributed by atoms with Crippen LogP contribution in [-0.4, -0.2) is 17.3 Å². The summed E-state index contributed by atoms with van der Waals surface area (Å²) in [6.07, 6.45) is 1.59.